The largest absolute Gasteiger partial charge is 0.0858 e. The number of fused-ring (bicyclic) bond motifs is 2. The topological polar surface area (TPSA) is 0 Å². The van der Waals surface area contributed by atoms with Gasteiger partial charge in [0.2, 0.25) is 0 Å². The molecule has 0 N–H and O–H groups in total. The van der Waals surface area contributed by atoms with E-state index in [-0.39, 0.29) is 0 Å². The number of hydrogen-bond acceptors (Lipinski definition) is 0. The van der Waals surface area contributed by atoms with Gasteiger partial charge in [-0.2, -0.15) is 0 Å². The van der Waals surface area contributed by atoms with Crippen LogP contribution >= 0.6 is 22.6 Å². The summed E-state index contributed by atoms with van der Waals surface area (Å²) >= 11 is 2.57. The van der Waals surface area contributed by atoms with Gasteiger partial charge in [0.05, 0.1) is 0 Å². The smallest absolute Gasteiger partial charge is 0.00521 e. The van der Waals surface area contributed by atoms with Crippen LogP contribution in [-0.2, 0) is 0 Å². The average molecular weight is 236 g/mol. The van der Waals surface area contributed by atoms with Crippen LogP contribution in [0.1, 0.15) is 32.1 Å². The minimum absolute atomic E-state index is 0.839. The highest BCUT2D eigenvalue weighted by Crippen LogP contribution is 2.54. The van der Waals surface area contributed by atoms with Crippen molar-refractivity contribution in [1.82, 2.24) is 0 Å². The van der Waals surface area contributed by atoms with Crippen LogP contribution in [0.5, 0.6) is 0 Å². The summed E-state index contributed by atoms with van der Waals surface area (Å²) in [5.74, 6) is 1.14. The molecule has 0 nitrogen and oxygen atoms in total. The lowest BCUT2D eigenvalue weighted by Gasteiger charge is -2.22. The van der Waals surface area contributed by atoms with Crippen molar-refractivity contribution in [1.29, 1.82) is 0 Å². The Morgan fingerprint density at radius 2 is 2.00 bits per heavy atom. The Labute approximate surface area is 70.5 Å². The van der Waals surface area contributed by atoms with Gasteiger partial charge in [-0.3, -0.25) is 0 Å². The van der Waals surface area contributed by atoms with Crippen LogP contribution in [0.25, 0.3) is 0 Å². The van der Waals surface area contributed by atoms with Crippen molar-refractivity contribution in [2.24, 2.45) is 11.3 Å². The molecule has 0 atom stereocenters. The zero-order chi connectivity index (χ0) is 6.32. The van der Waals surface area contributed by atoms with Crippen molar-refractivity contribution >= 4 is 22.6 Å². The standard InChI is InChI=1S/C8H13I/c9-6-8-3-1-7(5-8)2-4-8/h7H,1-6H2. The molecule has 2 aliphatic carbocycles. The SMILES string of the molecule is ICC12CCC(CC1)C2. The maximum atomic E-state index is 2.57. The van der Waals surface area contributed by atoms with Gasteiger partial charge in [-0.15, -0.1) is 0 Å². The Hall–Kier alpha value is 0.730. The third-order valence-corrected chi connectivity index (χ3v) is 4.79. The monoisotopic (exact) mass is 236 g/mol. The molecule has 0 saturated heterocycles. The van der Waals surface area contributed by atoms with Crippen molar-refractivity contribution in [2.75, 3.05) is 4.43 Å². The van der Waals surface area contributed by atoms with Crippen molar-refractivity contribution in [3.63, 3.8) is 0 Å². The number of alkyl halides is 1. The molecule has 0 spiro atoms. The quantitative estimate of drug-likeness (QED) is 0.485. The molecule has 0 aromatic heterocycles. The van der Waals surface area contributed by atoms with E-state index in [9.17, 15) is 0 Å². The van der Waals surface area contributed by atoms with E-state index in [2.05, 4.69) is 22.6 Å². The van der Waals surface area contributed by atoms with E-state index in [1.165, 1.54) is 4.43 Å². The van der Waals surface area contributed by atoms with Gasteiger partial charge in [0, 0.05) is 4.43 Å². The fourth-order valence-corrected chi connectivity index (χ4v) is 3.57. The third kappa shape index (κ3) is 0.920. The van der Waals surface area contributed by atoms with E-state index in [4.69, 9.17) is 0 Å². The normalized spacial score (nSPS) is 48.3. The van der Waals surface area contributed by atoms with E-state index >= 15 is 0 Å². The van der Waals surface area contributed by atoms with Gasteiger partial charge in [0.1, 0.15) is 0 Å². The molecule has 52 valence electrons. The van der Waals surface area contributed by atoms with Gasteiger partial charge >= 0.3 is 0 Å². The summed E-state index contributed by atoms with van der Waals surface area (Å²) in [5.41, 5.74) is 0.839. The van der Waals surface area contributed by atoms with Gasteiger partial charge in [0.25, 0.3) is 0 Å². The Morgan fingerprint density at radius 1 is 1.33 bits per heavy atom. The molecular formula is C8H13I. The van der Waals surface area contributed by atoms with Crippen molar-refractivity contribution in [3.8, 4) is 0 Å². The lowest BCUT2D eigenvalue weighted by molar-refractivity contribution is 0.346. The third-order valence-electron chi connectivity index (χ3n) is 3.17. The lowest BCUT2D eigenvalue weighted by atomic mass is 9.87. The van der Waals surface area contributed by atoms with Crippen LogP contribution < -0.4 is 0 Å². The summed E-state index contributed by atoms with van der Waals surface area (Å²) in [7, 11) is 0. The van der Waals surface area contributed by atoms with Crippen LogP contribution in [0.2, 0.25) is 0 Å². The van der Waals surface area contributed by atoms with Gasteiger partial charge in [-0.05, 0) is 43.4 Å². The Balaban J connectivity index is 2.13. The van der Waals surface area contributed by atoms with Gasteiger partial charge in [0.15, 0.2) is 0 Å². The molecule has 1 heteroatoms. The fraction of sp³-hybridized carbons (Fsp3) is 1.00. The molecule has 0 radical (unpaired) electrons. The van der Waals surface area contributed by atoms with E-state index in [1.807, 2.05) is 0 Å². The number of hydrogen-bond donors (Lipinski definition) is 0. The minimum atomic E-state index is 0.839. The predicted molar refractivity (Wildman–Crippen MR) is 47.9 cm³/mol. The van der Waals surface area contributed by atoms with Crippen LogP contribution in [0, 0.1) is 11.3 Å². The highest BCUT2D eigenvalue weighted by atomic mass is 127. The molecule has 9 heavy (non-hydrogen) atoms. The average Bonchev–Trinajstić information content (AvgIpc) is 2.46. The van der Waals surface area contributed by atoms with Gasteiger partial charge in [-0.25, -0.2) is 0 Å². The summed E-state index contributed by atoms with van der Waals surface area (Å²) in [5, 5.41) is 0. The Morgan fingerprint density at radius 3 is 2.22 bits per heavy atom. The summed E-state index contributed by atoms with van der Waals surface area (Å²) in [4.78, 5) is 0. The van der Waals surface area contributed by atoms with E-state index in [0.717, 1.165) is 11.3 Å². The molecule has 0 aromatic rings. The minimum Gasteiger partial charge on any atom is -0.0858 e. The molecule has 2 aliphatic rings. The van der Waals surface area contributed by atoms with Crippen LogP contribution in [-0.4, -0.2) is 4.43 Å². The molecule has 2 fully saturated rings. The number of rotatable bonds is 1. The Kier molecular flexibility index (Phi) is 1.51. The second-order valence-electron chi connectivity index (χ2n) is 3.78. The Bertz CT molecular complexity index is 112. The van der Waals surface area contributed by atoms with Crippen LogP contribution in [0.3, 0.4) is 0 Å². The molecule has 2 saturated carbocycles. The maximum absolute atomic E-state index is 2.57. The van der Waals surface area contributed by atoms with Crippen molar-refractivity contribution in [3.05, 3.63) is 0 Å². The second kappa shape index (κ2) is 2.11. The van der Waals surface area contributed by atoms with Gasteiger partial charge < -0.3 is 0 Å². The van der Waals surface area contributed by atoms with E-state index in [1.54, 1.807) is 32.1 Å². The predicted octanol–water partition coefficient (Wildman–Crippen LogP) is 3.00. The maximum Gasteiger partial charge on any atom is 0.00521 e. The zero-order valence-corrected chi connectivity index (χ0v) is 7.86. The van der Waals surface area contributed by atoms with E-state index < -0.39 is 0 Å². The molecule has 0 heterocycles. The first kappa shape index (κ1) is 6.44. The molecule has 0 aromatic carbocycles. The second-order valence-corrected chi connectivity index (χ2v) is 4.54. The molecule has 0 unspecified atom stereocenters. The molecule has 2 bridgehead atoms. The number of halogens is 1. The first-order chi connectivity index (χ1) is 4.35. The van der Waals surface area contributed by atoms with Crippen LogP contribution in [0.4, 0.5) is 0 Å². The zero-order valence-electron chi connectivity index (χ0n) is 5.70. The summed E-state index contributed by atoms with van der Waals surface area (Å²) in [6, 6.07) is 0. The summed E-state index contributed by atoms with van der Waals surface area (Å²) < 4.78 is 1.42. The van der Waals surface area contributed by atoms with E-state index in [0.29, 0.717) is 0 Å². The summed E-state index contributed by atoms with van der Waals surface area (Å²) in [6.07, 6.45) is 7.74. The lowest BCUT2D eigenvalue weighted by Crippen LogP contribution is -2.14. The van der Waals surface area contributed by atoms with Crippen molar-refractivity contribution < 1.29 is 0 Å². The molecule has 0 amide bonds. The first-order valence-corrected chi connectivity index (χ1v) is 5.43. The first-order valence-electron chi connectivity index (χ1n) is 3.91. The highest BCUT2D eigenvalue weighted by Gasteiger charge is 2.43. The molecule has 0 aliphatic heterocycles. The highest BCUT2D eigenvalue weighted by molar-refractivity contribution is 14.1. The molecular weight excluding hydrogens is 223 g/mol. The van der Waals surface area contributed by atoms with Crippen molar-refractivity contribution in [2.45, 2.75) is 32.1 Å². The summed E-state index contributed by atoms with van der Waals surface area (Å²) in [6.45, 7) is 0. The van der Waals surface area contributed by atoms with Gasteiger partial charge in [-0.1, -0.05) is 22.6 Å². The fourth-order valence-electron chi connectivity index (χ4n) is 2.50. The van der Waals surface area contributed by atoms with Crippen LogP contribution in [0.15, 0.2) is 0 Å². The molecule has 2 rings (SSSR count).